The number of amides is 1. The zero-order valence-corrected chi connectivity index (χ0v) is 11.5. The summed E-state index contributed by atoms with van der Waals surface area (Å²) in [4.78, 5) is 13.8. The quantitative estimate of drug-likeness (QED) is 0.760. The molecule has 0 saturated carbocycles. The maximum atomic E-state index is 12.3. The van der Waals surface area contributed by atoms with Crippen molar-refractivity contribution < 1.29 is 14.6 Å². The Bertz CT molecular complexity index is 494. The molecule has 5 nitrogen and oxygen atoms in total. The first kappa shape index (κ1) is 13.7. The van der Waals surface area contributed by atoms with E-state index in [1.165, 1.54) is 4.90 Å². The summed E-state index contributed by atoms with van der Waals surface area (Å²) in [5.41, 5.74) is 7.51. The predicted octanol–water partition coefficient (Wildman–Crippen LogP) is 1.93. The van der Waals surface area contributed by atoms with Crippen molar-refractivity contribution in [2.75, 3.05) is 17.2 Å². The molecule has 1 heterocycles. The molecule has 0 unspecified atom stereocenters. The van der Waals surface area contributed by atoms with Crippen LogP contribution in [0, 0.1) is 0 Å². The minimum atomic E-state index is -0.569. The fourth-order valence-corrected chi connectivity index (χ4v) is 2.22. The standard InChI is InChI=1S/C14H20N2O3/c1-14(2,3)19-13(18)16-11(8-17)6-9-4-5-10(15)7-12(9)16/h4-5,7,11,17H,6,8,15H2,1-3H3/t11-/m0/s1. The number of ether oxygens (including phenoxy) is 1. The van der Waals surface area contributed by atoms with Gasteiger partial charge >= 0.3 is 6.09 Å². The van der Waals surface area contributed by atoms with E-state index < -0.39 is 11.7 Å². The van der Waals surface area contributed by atoms with Crippen LogP contribution in [0.3, 0.4) is 0 Å². The van der Waals surface area contributed by atoms with Gasteiger partial charge in [-0.25, -0.2) is 4.79 Å². The van der Waals surface area contributed by atoms with Crippen LogP contribution in [0.5, 0.6) is 0 Å². The third-order valence-electron chi connectivity index (χ3n) is 2.99. The van der Waals surface area contributed by atoms with E-state index in [1.807, 2.05) is 26.8 Å². The van der Waals surface area contributed by atoms with Crippen LogP contribution in [0.15, 0.2) is 18.2 Å². The topological polar surface area (TPSA) is 75.8 Å². The van der Waals surface area contributed by atoms with Gasteiger partial charge in [-0.05, 0) is 44.9 Å². The lowest BCUT2D eigenvalue weighted by atomic mass is 10.1. The summed E-state index contributed by atoms with van der Waals surface area (Å²) in [6.07, 6.45) is 0.168. The van der Waals surface area contributed by atoms with Crippen molar-refractivity contribution in [1.82, 2.24) is 0 Å². The number of carbonyl (C=O) groups is 1. The molecular weight excluding hydrogens is 244 g/mol. The maximum Gasteiger partial charge on any atom is 0.415 e. The molecule has 2 rings (SSSR count). The summed E-state index contributed by atoms with van der Waals surface area (Å²) in [5.74, 6) is 0. The van der Waals surface area contributed by atoms with Crippen molar-refractivity contribution >= 4 is 17.5 Å². The fraction of sp³-hybridized carbons (Fsp3) is 0.500. The number of carbonyl (C=O) groups excluding carboxylic acids is 1. The molecule has 19 heavy (non-hydrogen) atoms. The van der Waals surface area contributed by atoms with Crippen LogP contribution < -0.4 is 10.6 Å². The van der Waals surface area contributed by atoms with Crippen LogP contribution in [0.4, 0.5) is 16.2 Å². The van der Waals surface area contributed by atoms with Crippen molar-refractivity contribution in [3.8, 4) is 0 Å². The molecule has 1 aliphatic rings. The molecule has 0 aromatic heterocycles. The number of rotatable bonds is 1. The molecule has 3 N–H and O–H groups in total. The molecule has 1 aliphatic heterocycles. The van der Waals surface area contributed by atoms with Gasteiger partial charge in [0, 0.05) is 5.69 Å². The lowest BCUT2D eigenvalue weighted by Crippen LogP contribution is -2.43. The van der Waals surface area contributed by atoms with Crippen LogP contribution in [-0.4, -0.2) is 29.4 Å². The second-order valence-corrected chi connectivity index (χ2v) is 5.78. The van der Waals surface area contributed by atoms with Gasteiger partial charge in [-0.3, -0.25) is 4.90 Å². The van der Waals surface area contributed by atoms with Gasteiger partial charge in [0.15, 0.2) is 0 Å². The average Bonchev–Trinajstić information content (AvgIpc) is 2.64. The monoisotopic (exact) mass is 264 g/mol. The Morgan fingerprint density at radius 3 is 2.79 bits per heavy atom. The Balaban J connectivity index is 2.32. The molecule has 1 atom stereocenters. The first-order chi connectivity index (χ1) is 8.81. The first-order valence-electron chi connectivity index (χ1n) is 6.33. The van der Waals surface area contributed by atoms with Crippen molar-refractivity contribution in [1.29, 1.82) is 0 Å². The third-order valence-corrected chi connectivity index (χ3v) is 2.99. The molecule has 1 aromatic rings. The van der Waals surface area contributed by atoms with Gasteiger partial charge in [0.25, 0.3) is 0 Å². The average molecular weight is 264 g/mol. The molecule has 1 aromatic carbocycles. The summed E-state index contributed by atoms with van der Waals surface area (Å²) in [6.45, 7) is 5.34. The molecule has 0 bridgehead atoms. The number of nitrogens with two attached hydrogens (primary N) is 1. The van der Waals surface area contributed by atoms with Gasteiger partial charge in [-0.15, -0.1) is 0 Å². The van der Waals surface area contributed by atoms with E-state index in [1.54, 1.807) is 12.1 Å². The lowest BCUT2D eigenvalue weighted by molar-refractivity contribution is 0.0557. The van der Waals surface area contributed by atoms with E-state index in [9.17, 15) is 9.90 Å². The second kappa shape index (κ2) is 4.74. The third kappa shape index (κ3) is 2.81. The van der Waals surface area contributed by atoms with E-state index in [0.717, 1.165) is 11.3 Å². The summed E-state index contributed by atoms with van der Waals surface area (Å²) in [6, 6.07) is 5.14. The fourth-order valence-electron chi connectivity index (χ4n) is 2.22. The normalized spacial score (nSPS) is 18.3. The molecule has 0 aliphatic carbocycles. The van der Waals surface area contributed by atoms with E-state index in [2.05, 4.69) is 0 Å². The Morgan fingerprint density at radius 1 is 1.53 bits per heavy atom. The molecular formula is C14H20N2O3. The molecule has 0 saturated heterocycles. The van der Waals surface area contributed by atoms with Crippen LogP contribution in [-0.2, 0) is 11.2 Å². The van der Waals surface area contributed by atoms with Gasteiger partial charge in [0.2, 0.25) is 0 Å². The van der Waals surface area contributed by atoms with E-state index in [0.29, 0.717) is 12.1 Å². The van der Waals surface area contributed by atoms with E-state index >= 15 is 0 Å². The minimum Gasteiger partial charge on any atom is -0.443 e. The van der Waals surface area contributed by atoms with Gasteiger partial charge in [0.05, 0.1) is 18.3 Å². The molecule has 0 radical (unpaired) electrons. The largest absolute Gasteiger partial charge is 0.443 e. The molecule has 1 amide bonds. The minimum absolute atomic E-state index is 0.103. The number of benzene rings is 1. The molecule has 104 valence electrons. The van der Waals surface area contributed by atoms with Crippen LogP contribution in [0.1, 0.15) is 26.3 Å². The van der Waals surface area contributed by atoms with Crippen molar-refractivity contribution in [2.45, 2.75) is 38.8 Å². The zero-order chi connectivity index (χ0) is 14.2. The van der Waals surface area contributed by atoms with Crippen molar-refractivity contribution in [2.24, 2.45) is 0 Å². The number of hydrogen-bond acceptors (Lipinski definition) is 4. The summed E-state index contributed by atoms with van der Waals surface area (Å²) in [5, 5.41) is 9.44. The van der Waals surface area contributed by atoms with Crippen LogP contribution in [0.2, 0.25) is 0 Å². The summed E-state index contributed by atoms with van der Waals surface area (Å²) in [7, 11) is 0. The highest BCUT2D eigenvalue weighted by Gasteiger charge is 2.36. The van der Waals surface area contributed by atoms with Gasteiger partial charge in [-0.1, -0.05) is 6.07 Å². The van der Waals surface area contributed by atoms with Crippen molar-refractivity contribution in [3.05, 3.63) is 23.8 Å². The van der Waals surface area contributed by atoms with Crippen molar-refractivity contribution in [3.63, 3.8) is 0 Å². The summed E-state index contributed by atoms with van der Waals surface area (Å²) >= 11 is 0. The smallest absolute Gasteiger partial charge is 0.415 e. The highest BCUT2D eigenvalue weighted by Crippen LogP contribution is 2.34. The Morgan fingerprint density at radius 2 is 2.21 bits per heavy atom. The number of aliphatic hydroxyl groups is 1. The summed E-state index contributed by atoms with van der Waals surface area (Å²) < 4.78 is 5.39. The number of anilines is 2. The Hall–Kier alpha value is -1.75. The van der Waals surface area contributed by atoms with E-state index in [-0.39, 0.29) is 12.6 Å². The number of aliphatic hydroxyl groups excluding tert-OH is 1. The lowest BCUT2D eigenvalue weighted by Gasteiger charge is -2.28. The predicted molar refractivity (Wildman–Crippen MR) is 74.1 cm³/mol. The van der Waals surface area contributed by atoms with Crippen LogP contribution in [0.25, 0.3) is 0 Å². The number of nitrogen functional groups attached to an aromatic ring is 1. The van der Waals surface area contributed by atoms with E-state index in [4.69, 9.17) is 10.5 Å². The SMILES string of the molecule is CC(C)(C)OC(=O)N1c2cc(N)ccc2C[C@H]1CO. The Labute approximate surface area is 113 Å². The van der Waals surface area contributed by atoms with Gasteiger partial charge in [-0.2, -0.15) is 0 Å². The van der Waals surface area contributed by atoms with Gasteiger partial charge < -0.3 is 15.6 Å². The molecule has 5 heteroatoms. The number of hydrogen-bond donors (Lipinski definition) is 2. The second-order valence-electron chi connectivity index (χ2n) is 5.78. The first-order valence-corrected chi connectivity index (χ1v) is 6.33. The number of fused-ring (bicyclic) bond motifs is 1. The van der Waals surface area contributed by atoms with Crippen LogP contribution >= 0.6 is 0 Å². The Kier molecular flexibility index (Phi) is 3.41. The highest BCUT2D eigenvalue weighted by molar-refractivity contribution is 5.92. The molecule has 0 fully saturated rings. The molecule has 0 spiro atoms. The highest BCUT2D eigenvalue weighted by atomic mass is 16.6. The number of nitrogens with zero attached hydrogens (tertiary/aromatic N) is 1. The van der Waals surface area contributed by atoms with Gasteiger partial charge in [0.1, 0.15) is 5.60 Å². The zero-order valence-electron chi connectivity index (χ0n) is 11.5. The maximum absolute atomic E-state index is 12.3.